The summed E-state index contributed by atoms with van der Waals surface area (Å²) >= 11 is 0. The van der Waals surface area contributed by atoms with Crippen LogP contribution in [0.15, 0.2) is 179 Å². The fraction of sp³-hybridized carbons (Fsp3) is 0. The van der Waals surface area contributed by atoms with Gasteiger partial charge in [0.1, 0.15) is 22.3 Å². The van der Waals surface area contributed by atoms with E-state index in [2.05, 4.69) is 167 Å². The summed E-state index contributed by atoms with van der Waals surface area (Å²) in [4.78, 5) is 0. The molecule has 0 spiro atoms. The molecule has 0 radical (unpaired) electrons. The van der Waals surface area contributed by atoms with E-state index in [9.17, 15) is 0 Å². The van der Waals surface area contributed by atoms with Crippen LogP contribution in [0.1, 0.15) is 0 Å². The zero-order chi connectivity index (χ0) is 33.9. The molecule has 0 aliphatic rings. The maximum atomic E-state index is 6.74. The van der Waals surface area contributed by atoms with Crippen LogP contribution < -0.4 is 0 Å². The zero-order valence-corrected chi connectivity index (χ0v) is 27.9. The highest BCUT2D eigenvalue weighted by molar-refractivity contribution is 6.24. The Bertz CT molecular complexity index is 3410. The zero-order valence-electron chi connectivity index (χ0n) is 27.9. The first-order valence-corrected chi connectivity index (χ1v) is 17.7. The second-order valence-corrected chi connectivity index (χ2v) is 13.6. The van der Waals surface area contributed by atoms with E-state index < -0.39 is 0 Å². The summed E-state index contributed by atoms with van der Waals surface area (Å²) in [5.41, 5.74) is 12.5. The van der Waals surface area contributed by atoms with Gasteiger partial charge in [0.25, 0.3) is 0 Å². The highest BCUT2D eigenvalue weighted by Gasteiger charge is 2.22. The van der Waals surface area contributed by atoms with Crippen molar-refractivity contribution < 1.29 is 8.83 Å². The number of para-hydroxylation sites is 6. The van der Waals surface area contributed by atoms with Crippen molar-refractivity contribution in [3.63, 3.8) is 0 Å². The second kappa shape index (κ2) is 10.3. The Morgan fingerprint density at radius 3 is 1.46 bits per heavy atom. The average molecular weight is 665 g/mol. The van der Waals surface area contributed by atoms with Crippen LogP contribution in [0.25, 0.3) is 110 Å². The van der Waals surface area contributed by atoms with Gasteiger partial charge in [-0.3, -0.25) is 0 Å². The van der Waals surface area contributed by atoms with Gasteiger partial charge in [-0.05, 0) is 48.5 Å². The highest BCUT2D eigenvalue weighted by Crippen LogP contribution is 2.44. The van der Waals surface area contributed by atoms with Gasteiger partial charge < -0.3 is 18.0 Å². The number of aromatic nitrogens is 2. The fourth-order valence-corrected chi connectivity index (χ4v) is 8.71. The lowest BCUT2D eigenvalue weighted by molar-refractivity contribution is 0.665. The molecule has 8 aromatic carbocycles. The molecule has 4 heterocycles. The number of rotatable bonds is 3. The molecule has 242 valence electrons. The molecule has 12 aromatic rings. The fourth-order valence-electron chi connectivity index (χ4n) is 8.71. The maximum absolute atomic E-state index is 6.74. The van der Waals surface area contributed by atoms with Crippen LogP contribution in [0.4, 0.5) is 0 Å². The number of furan rings is 2. The molecule has 4 aromatic heterocycles. The maximum Gasteiger partial charge on any atom is 0.143 e. The molecule has 12 rings (SSSR count). The van der Waals surface area contributed by atoms with Gasteiger partial charge in [0, 0.05) is 65.6 Å². The van der Waals surface area contributed by atoms with Crippen LogP contribution in [0.2, 0.25) is 0 Å². The molecule has 0 unspecified atom stereocenters. The predicted octanol–water partition coefficient (Wildman–Crippen LogP) is 13.3. The standard InChI is InChI=1S/C48H28N2O2/c1-2-12-29(13-3-1)49-41-21-7-4-14-31(41)34-25-26-35-32-15-5-8-22-42(32)50(46(35)45(34)49)30-24-27-44-40(28-30)39-20-11-19-38(48(39)52-44)37-18-10-17-36-33-16-6-9-23-43(33)51-47(36)37/h1-28H. The summed E-state index contributed by atoms with van der Waals surface area (Å²) in [6.45, 7) is 0. The van der Waals surface area contributed by atoms with E-state index in [0.717, 1.165) is 66.4 Å². The van der Waals surface area contributed by atoms with Crippen LogP contribution >= 0.6 is 0 Å². The largest absolute Gasteiger partial charge is 0.455 e. The van der Waals surface area contributed by atoms with Gasteiger partial charge in [0.15, 0.2) is 0 Å². The van der Waals surface area contributed by atoms with Crippen molar-refractivity contribution >= 4 is 87.5 Å². The van der Waals surface area contributed by atoms with E-state index in [0.29, 0.717) is 0 Å². The lowest BCUT2D eigenvalue weighted by Gasteiger charge is -2.12. The number of fused-ring (bicyclic) bond motifs is 13. The van der Waals surface area contributed by atoms with E-state index >= 15 is 0 Å². The molecular formula is C48H28N2O2. The summed E-state index contributed by atoms with van der Waals surface area (Å²) < 4.78 is 18.1. The first-order valence-electron chi connectivity index (χ1n) is 17.7. The molecule has 0 N–H and O–H groups in total. The first kappa shape index (κ1) is 27.7. The molecule has 4 nitrogen and oxygen atoms in total. The minimum absolute atomic E-state index is 0.854. The SMILES string of the molecule is c1ccc(-n2c3ccccc3c3ccc4c5ccccc5n(-c5ccc6oc7c(-c8cccc9c8oc8ccccc89)cccc7c6c5)c4c32)cc1. The Balaban J connectivity index is 1.16. The summed E-state index contributed by atoms with van der Waals surface area (Å²) in [6, 6.07) is 60.5. The summed E-state index contributed by atoms with van der Waals surface area (Å²) in [5.74, 6) is 0. The van der Waals surface area contributed by atoms with Crippen molar-refractivity contribution in [3.05, 3.63) is 170 Å². The van der Waals surface area contributed by atoms with Gasteiger partial charge in [-0.15, -0.1) is 0 Å². The van der Waals surface area contributed by atoms with Crippen molar-refractivity contribution in [2.24, 2.45) is 0 Å². The van der Waals surface area contributed by atoms with Crippen LogP contribution in [0.3, 0.4) is 0 Å². The van der Waals surface area contributed by atoms with E-state index in [4.69, 9.17) is 8.83 Å². The molecule has 4 heteroatoms. The number of hydrogen-bond acceptors (Lipinski definition) is 2. The van der Waals surface area contributed by atoms with Crippen LogP contribution in [-0.4, -0.2) is 9.13 Å². The third-order valence-corrected chi connectivity index (χ3v) is 10.9. The quantitative estimate of drug-likeness (QED) is 0.188. The van der Waals surface area contributed by atoms with Crippen LogP contribution in [-0.2, 0) is 0 Å². The topological polar surface area (TPSA) is 36.1 Å². The van der Waals surface area contributed by atoms with Gasteiger partial charge in [0.05, 0.1) is 22.1 Å². The predicted molar refractivity (Wildman–Crippen MR) is 215 cm³/mol. The summed E-state index contributed by atoms with van der Waals surface area (Å²) in [6.07, 6.45) is 0. The van der Waals surface area contributed by atoms with Crippen LogP contribution in [0.5, 0.6) is 0 Å². The van der Waals surface area contributed by atoms with Gasteiger partial charge in [0.2, 0.25) is 0 Å². The molecular weight excluding hydrogens is 637 g/mol. The van der Waals surface area contributed by atoms with Gasteiger partial charge in [-0.25, -0.2) is 0 Å². The Kier molecular flexibility index (Phi) is 5.47. The van der Waals surface area contributed by atoms with Crippen molar-refractivity contribution in [1.82, 2.24) is 9.13 Å². The number of benzene rings is 8. The third kappa shape index (κ3) is 3.65. The van der Waals surface area contributed by atoms with Gasteiger partial charge in [-0.1, -0.05) is 121 Å². The lowest BCUT2D eigenvalue weighted by Crippen LogP contribution is -1.98. The molecule has 0 aliphatic carbocycles. The van der Waals surface area contributed by atoms with E-state index in [-0.39, 0.29) is 0 Å². The minimum atomic E-state index is 0.854. The lowest BCUT2D eigenvalue weighted by atomic mass is 10.00. The molecule has 0 atom stereocenters. The van der Waals surface area contributed by atoms with Crippen molar-refractivity contribution in [3.8, 4) is 22.5 Å². The van der Waals surface area contributed by atoms with Gasteiger partial charge >= 0.3 is 0 Å². The van der Waals surface area contributed by atoms with Crippen molar-refractivity contribution in [1.29, 1.82) is 0 Å². The molecule has 0 aliphatic heterocycles. The smallest absolute Gasteiger partial charge is 0.143 e. The molecule has 0 fully saturated rings. The molecule has 0 saturated carbocycles. The van der Waals surface area contributed by atoms with Crippen molar-refractivity contribution in [2.75, 3.05) is 0 Å². The normalized spacial score (nSPS) is 12.2. The Morgan fingerprint density at radius 1 is 0.308 bits per heavy atom. The van der Waals surface area contributed by atoms with Crippen LogP contribution in [0, 0.1) is 0 Å². The van der Waals surface area contributed by atoms with E-state index in [1.165, 1.54) is 43.6 Å². The van der Waals surface area contributed by atoms with E-state index in [1.807, 2.05) is 12.1 Å². The minimum Gasteiger partial charge on any atom is -0.455 e. The molecule has 0 amide bonds. The Morgan fingerprint density at radius 2 is 0.808 bits per heavy atom. The third-order valence-electron chi connectivity index (χ3n) is 10.9. The van der Waals surface area contributed by atoms with Crippen molar-refractivity contribution in [2.45, 2.75) is 0 Å². The second-order valence-electron chi connectivity index (χ2n) is 13.6. The average Bonchev–Trinajstić information content (AvgIpc) is 3.95. The van der Waals surface area contributed by atoms with E-state index in [1.54, 1.807) is 0 Å². The molecule has 0 bridgehead atoms. The Hall–Kier alpha value is -7.04. The number of nitrogens with zero attached hydrogens (tertiary/aromatic N) is 2. The highest BCUT2D eigenvalue weighted by atomic mass is 16.3. The first-order chi connectivity index (χ1) is 25.8. The summed E-state index contributed by atoms with van der Waals surface area (Å²) in [7, 11) is 0. The Labute approximate surface area is 296 Å². The summed E-state index contributed by atoms with van der Waals surface area (Å²) in [5, 5.41) is 9.30. The monoisotopic (exact) mass is 664 g/mol. The molecule has 52 heavy (non-hydrogen) atoms. The molecule has 0 saturated heterocycles. The number of hydrogen-bond donors (Lipinski definition) is 0. The van der Waals surface area contributed by atoms with Gasteiger partial charge in [-0.2, -0.15) is 0 Å².